The number of rotatable bonds is 2. The van der Waals surface area contributed by atoms with Gasteiger partial charge in [0.15, 0.2) is 0 Å². The molecule has 2 aliphatic heterocycles. The monoisotopic (exact) mass is 257 g/mol. The van der Waals surface area contributed by atoms with E-state index >= 15 is 0 Å². The predicted octanol–water partition coefficient (Wildman–Crippen LogP) is 3.67. The van der Waals surface area contributed by atoms with Gasteiger partial charge in [-0.25, -0.2) is 0 Å². The second kappa shape index (κ2) is 6.09. The fourth-order valence-electron chi connectivity index (χ4n) is 2.87. The Hall–Kier alpha value is -1.51. The Balaban J connectivity index is 1.63. The summed E-state index contributed by atoms with van der Waals surface area (Å²) in [5, 5.41) is 3.44. The maximum atomic E-state index is 4.53. The number of piperidine rings is 1. The van der Waals surface area contributed by atoms with E-state index in [-0.39, 0.29) is 0 Å². The molecule has 0 saturated carbocycles. The summed E-state index contributed by atoms with van der Waals surface area (Å²) < 4.78 is 0. The van der Waals surface area contributed by atoms with Gasteiger partial charge in [0.25, 0.3) is 0 Å². The average Bonchev–Trinajstić information content (AvgIpc) is 2.50. The number of benzene rings is 1. The van der Waals surface area contributed by atoms with E-state index in [0.29, 0.717) is 0 Å². The van der Waals surface area contributed by atoms with E-state index < -0.39 is 0 Å². The Bertz CT molecular complexity index is 430. The summed E-state index contributed by atoms with van der Waals surface area (Å²) in [6.07, 6.45) is 7.63. The molecule has 0 radical (unpaired) electrons. The third-order valence-electron chi connectivity index (χ3n) is 4.00. The third-order valence-corrected chi connectivity index (χ3v) is 4.00. The number of aliphatic imine (C=N–C) groups is 1. The number of amidine groups is 1. The van der Waals surface area contributed by atoms with E-state index in [2.05, 4.69) is 39.5 Å². The zero-order chi connectivity index (χ0) is 12.9. The highest BCUT2D eigenvalue weighted by Crippen LogP contribution is 2.22. The molecule has 0 aliphatic carbocycles. The number of hydrogen-bond acceptors (Lipinski definition) is 3. The fourth-order valence-corrected chi connectivity index (χ4v) is 2.87. The van der Waals surface area contributed by atoms with Crippen molar-refractivity contribution < 1.29 is 0 Å². The van der Waals surface area contributed by atoms with Crippen LogP contribution in [0.4, 0.5) is 11.4 Å². The van der Waals surface area contributed by atoms with Gasteiger partial charge in [0, 0.05) is 37.4 Å². The molecule has 1 saturated heterocycles. The number of nitrogens with one attached hydrogen (secondary N) is 1. The second-order valence-electron chi connectivity index (χ2n) is 5.51. The molecule has 102 valence electrons. The van der Waals surface area contributed by atoms with E-state index in [1.165, 1.54) is 56.6 Å². The molecular formula is C16H23N3. The molecule has 3 heteroatoms. The minimum Gasteiger partial charge on any atom is -0.372 e. The van der Waals surface area contributed by atoms with Crippen LogP contribution in [0, 0.1) is 0 Å². The average molecular weight is 257 g/mol. The summed E-state index contributed by atoms with van der Waals surface area (Å²) in [7, 11) is 0. The molecule has 1 aromatic carbocycles. The first kappa shape index (κ1) is 12.5. The van der Waals surface area contributed by atoms with Crippen LogP contribution in [0.15, 0.2) is 29.3 Å². The predicted molar refractivity (Wildman–Crippen MR) is 82.3 cm³/mol. The van der Waals surface area contributed by atoms with Crippen LogP contribution in [0.5, 0.6) is 0 Å². The Kier molecular flexibility index (Phi) is 4.01. The minimum absolute atomic E-state index is 0.980. The van der Waals surface area contributed by atoms with Gasteiger partial charge < -0.3 is 10.2 Å². The largest absolute Gasteiger partial charge is 0.372 e. The first-order valence-electron chi connectivity index (χ1n) is 7.57. The van der Waals surface area contributed by atoms with Gasteiger partial charge in [0.05, 0.1) is 0 Å². The van der Waals surface area contributed by atoms with Gasteiger partial charge in [-0.1, -0.05) is 0 Å². The lowest BCUT2D eigenvalue weighted by molar-refractivity contribution is 0.578. The Morgan fingerprint density at radius 3 is 2.37 bits per heavy atom. The van der Waals surface area contributed by atoms with Gasteiger partial charge in [0.1, 0.15) is 5.84 Å². The number of anilines is 2. The van der Waals surface area contributed by atoms with Crippen molar-refractivity contribution in [2.45, 2.75) is 38.5 Å². The fraction of sp³-hybridized carbons (Fsp3) is 0.562. The van der Waals surface area contributed by atoms with Crippen molar-refractivity contribution >= 4 is 17.2 Å². The van der Waals surface area contributed by atoms with E-state index in [1.54, 1.807) is 0 Å². The van der Waals surface area contributed by atoms with Crippen molar-refractivity contribution in [2.75, 3.05) is 29.9 Å². The van der Waals surface area contributed by atoms with E-state index in [1.807, 2.05) is 0 Å². The highest BCUT2D eigenvalue weighted by Gasteiger charge is 2.11. The quantitative estimate of drug-likeness (QED) is 0.875. The van der Waals surface area contributed by atoms with Crippen LogP contribution >= 0.6 is 0 Å². The molecule has 0 atom stereocenters. The van der Waals surface area contributed by atoms with Crippen LogP contribution < -0.4 is 10.2 Å². The van der Waals surface area contributed by atoms with E-state index in [9.17, 15) is 0 Å². The smallest absolute Gasteiger partial charge is 0.101 e. The van der Waals surface area contributed by atoms with Crippen LogP contribution in [-0.4, -0.2) is 25.5 Å². The third kappa shape index (κ3) is 3.28. The topological polar surface area (TPSA) is 27.6 Å². The molecule has 1 fully saturated rings. The minimum atomic E-state index is 0.980. The Labute approximate surface area is 115 Å². The van der Waals surface area contributed by atoms with E-state index in [4.69, 9.17) is 0 Å². The maximum Gasteiger partial charge on any atom is 0.101 e. The van der Waals surface area contributed by atoms with Crippen molar-refractivity contribution in [3.63, 3.8) is 0 Å². The van der Waals surface area contributed by atoms with Crippen molar-refractivity contribution in [3.05, 3.63) is 24.3 Å². The highest BCUT2D eigenvalue weighted by atomic mass is 15.1. The summed E-state index contributed by atoms with van der Waals surface area (Å²) >= 11 is 0. The molecule has 0 aromatic heterocycles. The van der Waals surface area contributed by atoms with Gasteiger partial charge in [-0.05, 0) is 56.4 Å². The molecule has 3 nitrogen and oxygen atoms in total. The van der Waals surface area contributed by atoms with Crippen LogP contribution in [0.3, 0.4) is 0 Å². The molecule has 3 rings (SSSR count). The van der Waals surface area contributed by atoms with Crippen LogP contribution in [0.25, 0.3) is 0 Å². The lowest BCUT2D eigenvalue weighted by Crippen LogP contribution is -2.29. The summed E-state index contributed by atoms with van der Waals surface area (Å²) in [5.74, 6) is 1.15. The normalized spacial score (nSPS) is 20.0. The highest BCUT2D eigenvalue weighted by molar-refractivity contribution is 5.95. The summed E-state index contributed by atoms with van der Waals surface area (Å²) in [4.78, 5) is 7.02. The molecule has 0 spiro atoms. The number of hydrogen-bond donors (Lipinski definition) is 1. The Morgan fingerprint density at radius 2 is 1.68 bits per heavy atom. The molecule has 2 heterocycles. The summed E-state index contributed by atoms with van der Waals surface area (Å²) in [6, 6.07) is 8.83. The van der Waals surface area contributed by atoms with Gasteiger partial charge in [-0.3, -0.25) is 4.99 Å². The van der Waals surface area contributed by atoms with Crippen LogP contribution in [0.1, 0.15) is 38.5 Å². The Morgan fingerprint density at radius 1 is 0.895 bits per heavy atom. The lowest BCUT2D eigenvalue weighted by Gasteiger charge is -2.29. The molecule has 0 amide bonds. The molecule has 19 heavy (non-hydrogen) atoms. The maximum absolute atomic E-state index is 4.53. The van der Waals surface area contributed by atoms with E-state index in [0.717, 1.165) is 18.8 Å². The summed E-state index contributed by atoms with van der Waals surface area (Å²) in [6.45, 7) is 3.40. The second-order valence-corrected chi connectivity index (χ2v) is 5.51. The molecule has 2 aliphatic rings. The van der Waals surface area contributed by atoms with Gasteiger partial charge in [-0.15, -0.1) is 0 Å². The van der Waals surface area contributed by atoms with Crippen molar-refractivity contribution in [2.24, 2.45) is 4.99 Å². The number of nitrogens with zero attached hydrogens (tertiary/aromatic N) is 2. The zero-order valence-electron chi connectivity index (χ0n) is 11.6. The summed E-state index contributed by atoms with van der Waals surface area (Å²) in [5.41, 5.74) is 2.53. The SMILES string of the molecule is c1cc(N2CCCCC2)ccc1NC1=NCCCC1. The van der Waals surface area contributed by atoms with Gasteiger partial charge >= 0.3 is 0 Å². The first-order chi connectivity index (χ1) is 9.42. The van der Waals surface area contributed by atoms with Gasteiger partial charge in [-0.2, -0.15) is 0 Å². The van der Waals surface area contributed by atoms with Crippen molar-refractivity contribution in [1.82, 2.24) is 0 Å². The molecule has 0 unspecified atom stereocenters. The van der Waals surface area contributed by atoms with Crippen molar-refractivity contribution in [3.8, 4) is 0 Å². The lowest BCUT2D eigenvalue weighted by atomic mass is 10.1. The zero-order valence-corrected chi connectivity index (χ0v) is 11.6. The molecule has 1 N–H and O–H groups in total. The van der Waals surface area contributed by atoms with Gasteiger partial charge in [0.2, 0.25) is 0 Å². The van der Waals surface area contributed by atoms with Crippen molar-refractivity contribution in [1.29, 1.82) is 0 Å². The standard InChI is InChI=1S/C16H23N3/c1-4-12-19(13-5-1)15-9-7-14(8-10-15)18-16-6-2-3-11-17-16/h7-10H,1-6,11-13H2,(H,17,18). The molecule has 0 bridgehead atoms. The molecular weight excluding hydrogens is 234 g/mol. The first-order valence-corrected chi connectivity index (χ1v) is 7.57. The van der Waals surface area contributed by atoms with Crippen LogP contribution in [-0.2, 0) is 0 Å². The van der Waals surface area contributed by atoms with Crippen LogP contribution in [0.2, 0.25) is 0 Å². The molecule has 1 aromatic rings.